The van der Waals surface area contributed by atoms with Crippen LogP contribution in [0.15, 0.2) is 18.2 Å². The first kappa shape index (κ1) is 9.51. The zero-order chi connectivity index (χ0) is 9.84. The van der Waals surface area contributed by atoms with Crippen LogP contribution in [0.25, 0.3) is 0 Å². The molecule has 0 heterocycles. The summed E-state index contributed by atoms with van der Waals surface area (Å²) in [5.41, 5.74) is 0. The highest BCUT2D eigenvalue weighted by Crippen LogP contribution is 2.26. The first-order chi connectivity index (χ1) is 6.13. The number of rotatable bonds is 2. The van der Waals surface area contributed by atoms with Gasteiger partial charge in [-0.25, -0.2) is 4.39 Å². The van der Waals surface area contributed by atoms with Gasteiger partial charge in [0.2, 0.25) is 0 Å². The molecule has 13 heavy (non-hydrogen) atoms. The third kappa shape index (κ3) is 2.43. The van der Waals surface area contributed by atoms with Gasteiger partial charge in [-0.05, 0) is 12.1 Å². The van der Waals surface area contributed by atoms with Crippen LogP contribution in [0, 0.1) is 5.82 Å². The molecule has 0 spiro atoms. The van der Waals surface area contributed by atoms with E-state index in [2.05, 4.69) is 4.74 Å². The lowest BCUT2D eigenvalue weighted by Gasteiger charge is -2.04. The zero-order valence-corrected chi connectivity index (χ0v) is 7.08. The van der Waals surface area contributed by atoms with Gasteiger partial charge >= 0.3 is 5.97 Å². The van der Waals surface area contributed by atoms with E-state index in [9.17, 15) is 9.18 Å². The lowest BCUT2D eigenvalue weighted by atomic mass is 10.3. The number of esters is 1. The Hall–Kier alpha value is -1.58. The van der Waals surface area contributed by atoms with E-state index >= 15 is 0 Å². The molecule has 0 saturated heterocycles. The predicted molar refractivity (Wildman–Crippen MR) is 44.0 cm³/mol. The third-order valence-electron chi connectivity index (χ3n) is 1.43. The number of ether oxygens (including phenoxy) is 1. The van der Waals surface area contributed by atoms with Gasteiger partial charge in [0.05, 0.1) is 0 Å². The molecule has 0 saturated carbocycles. The number of phenols is 1. The van der Waals surface area contributed by atoms with E-state index in [0.29, 0.717) is 0 Å². The zero-order valence-electron chi connectivity index (χ0n) is 7.08. The minimum Gasteiger partial charge on any atom is -0.504 e. The van der Waals surface area contributed by atoms with Crippen molar-refractivity contribution < 1.29 is 19.0 Å². The maximum atomic E-state index is 12.6. The van der Waals surface area contributed by atoms with Crippen LogP contribution >= 0.6 is 0 Å². The van der Waals surface area contributed by atoms with Crippen LogP contribution in [-0.4, -0.2) is 11.1 Å². The summed E-state index contributed by atoms with van der Waals surface area (Å²) in [5.74, 6) is -1.47. The van der Waals surface area contributed by atoms with Crippen molar-refractivity contribution in [2.45, 2.75) is 13.3 Å². The van der Waals surface area contributed by atoms with Crippen LogP contribution < -0.4 is 4.74 Å². The minimum atomic E-state index is -0.559. The van der Waals surface area contributed by atoms with Gasteiger partial charge in [-0.1, -0.05) is 6.92 Å². The highest BCUT2D eigenvalue weighted by Gasteiger charge is 2.07. The second-order valence-corrected chi connectivity index (χ2v) is 2.44. The molecule has 0 bridgehead atoms. The van der Waals surface area contributed by atoms with E-state index < -0.39 is 11.8 Å². The lowest BCUT2D eigenvalue weighted by molar-refractivity contribution is -0.134. The van der Waals surface area contributed by atoms with Crippen LogP contribution in [0.2, 0.25) is 0 Å². The summed E-state index contributed by atoms with van der Waals surface area (Å²) < 4.78 is 17.2. The molecule has 1 aromatic carbocycles. The van der Waals surface area contributed by atoms with Gasteiger partial charge in [0, 0.05) is 12.5 Å². The number of halogens is 1. The molecule has 0 aliphatic heterocycles. The fourth-order valence-electron chi connectivity index (χ4n) is 0.765. The molecule has 0 aromatic heterocycles. The fourth-order valence-corrected chi connectivity index (χ4v) is 0.765. The molecule has 0 aliphatic carbocycles. The molecule has 0 fully saturated rings. The normalized spacial score (nSPS) is 9.69. The van der Waals surface area contributed by atoms with Gasteiger partial charge < -0.3 is 9.84 Å². The average molecular weight is 184 g/mol. The fraction of sp³-hybridized carbons (Fsp3) is 0.222. The molecule has 0 radical (unpaired) electrons. The topological polar surface area (TPSA) is 46.5 Å². The minimum absolute atomic E-state index is 0.146. The molecule has 0 unspecified atom stereocenters. The molecular formula is C9H9FO3. The molecule has 0 amide bonds. The quantitative estimate of drug-likeness (QED) is 0.563. The molecule has 1 aromatic rings. The van der Waals surface area contributed by atoms with E-state index in [1.807, 2.05) is 0 Å². The first-order valence-electron chi connectivity index (χ1n) is 3.82. The summed E-state index contributed by atoms with van der Waals surface area (Å²) in [6.07, 6.45) is 0.177. The van der Waals surface area contributed by atoms with Gasteiger partial charge in [-0.3, -0.25) is 4.79 Å². The van der Waals surface area contributed by atoms with Gasteiger partial charge in [0.25, 0.3) is 0 Å². The van der Waals surface area contributed by atoms with Crippen LogP contribution in [-0.2, 0) is 4.79 Å². The Balaban J connectivity index is 2.87. The summed E-state index contributed by atoms with van der Waals surface area (Å²) >= 11 is 0. The number of aromatic hydroxyl groups is 1. The first-order valence-corrected chi connectivity index (χ1v) is 3.82. The Morgan fingerprint density at radius 2 is 2.31 bits per heavy atom. The predicted octanol–water partition coefficient (Wildman–Crippen LogP) is 1.85. The average Bonchev–Trinajstić information content (AvgIpc) is 2.11. The van der Waals surface area contributed by atoms with Crippen LogP contribution in [0.5, 0.6) is 11.5 Å². The van der Waals surface area contributed by atoms with Gasteiger partial charge in [-0.2, -0.15) is 0 Å². The van der Waals surface area contributed by atoms with E-state index in [1.165, 1.54) is 0 Å². The summed E-state index contributed by atoms with van der Waals surface area (Å²) in [6, 6.07) is 3.18. The van der Waals surface area contributed by atoms with Gasteiger partial charge in [-0.15, -0.1) is 0 Å². The van der Waals surface area contributed by atoms with Crippen molar-refractivity contribution in [3.05, 3.63) is 24.0 Å². The van der Waals surface area contributed by atoms with Crippen LogP contribution in [0.3, 0.4) is 0 Å². The molecule has 0 aliphatic rings. The number of hydrogen-bond acceptors (Lipinski definition) is 3. The van der Waals surface area contributed by atoms with Crippen molar-refractivity contribution in [2.24, 2.45) is 0 Å². The largest absolute Gasteiger partial charge is 0.504 e. The number of carbonyl (C=O) groups is 1. The molecule has 70 valence electrons. The Morgan fingerprint density at radius 1 is 1.62 bits per heavy atom. The summed E-state index contributed by atoms with van der Waals surface area (Å²) in [6.45, 7) is 1.61. The number of carbonyl (C=O) groups excluding carboxylic acids is 1. The summed E-state index contributed by atoms with van der Waals surface area (Å²) in [4.78, 5) is 10.8. The van der Waals surface area contributed by atoms with Crippen molar-refractivity contribution >= 4 is 5.97 Å². The smallest absolute Gasteiger partial charge is 0.311 e. The molecular weight excluding hydrogens is 175 g/mol. The Bertz CT molecular complexity index is 323. The monoisotopic (exact) mass is 184 g/mol. The highest BCUT2D eigenvalue weighted by molar-refractivity contribution is 5.72. The van der Waals surface area contributed by atoms with Crippen molar-refractivity contribution in [1.29, 1.82) is 0 Å². The van der Waals surface area contributed by atoms with E-state index in [4.69, 9.17) is 5.11 Å². The SMILES string of the molecule is CCC(=O)Oc1cc(F)ccc1O. The standard InChI is InChI=1S/C9H9FO3/c1-2-9(12)13-8-5-6(10)3-4-7(8)11/h3-5,11H,2H2,1H3. The highest BCUT2D eigenvalue weighted by atomic mass is 19.1. The van der Waals surface area contributed by atoms with E-state index in [1.54, 1.807) is 6.92 Å². The van der Waals surface area contributed by atoms with Crippen LogP contribution in [0.1, 0.15) is 13.3 Å². The Morgan fingerprint density at radius 3 is 2.92 bits per heavy atom. The summed E-state index contributed by atoms with van der Waals surface area (Å²) in [7, 11) is 0. The molecule has 0 atom stereocenters. The van der Waals surface area contributed by atoms with Crippen molar-refractivity contribution in [1.82, 2.24) is 0 Å². The maximum absolute atomic E-state index is 12.6. The van der Waals surface area contributed by atoms with Crippen molar-refractivity contribution in [3.63, 3.8) is 0 Å². The molecule has 1 rings (SSSR count). The molecule has 3 nitrogen and oxygen atoms in total. The van der Waals surface area contributed by atoms with Gasteiger partial charge in [0.15, 0.2) is 11.5 Å². The summed E-state index contributed by atoms with van der Waals surface area (Å²) in [5, 5.41) is 9.14. The van der Waals surface area contributed by atoms with Gasteiger partial charge in [0.1, 0.15) is 5.82 Å². The van der Waals surface area contributed by atoms with E-state index in [-0.39, 0.29) is 17.9 Å². The number of phenolic OH excluding ortho intramolecular Hbond substituents is 1. The van der Waals surface area contributed by atoms with Crippen molar-refractivity contribution in [2.75, 3.05) is 0 Å². The second-order valence-electron chi connectivity index (χ2n) is 2.44. The Kier molecular flexibility index (Phi) is 2.84. The maximum Gasteiger partial charge on any atom is 0.311 e. The van der Waals surface area contributed by atoms with E-state index in [0.717, 1.165) is 18.2 Å². The molecule has 1 N–H and O–H groups in total. The van der Waals surface area contributed by atoms with Crippen LogP contribution in [0.4, 0.5) is 4.39 Å². The third-order valence-corrected chi connectivity index (χ3v) is 1.43. The lowest BCUT2D eigenvalue weighted by Crippen LogP contribution is -2.05. The number of hydrogen-bond donors (Lipinski definition) is 1. The number of benzene rings is 1. The molecule has 4 heteroatoms. The Labute approximate surface area is 74.8 Å². The second kappa shape index (κ2) is 3.89. The van der Waals surface area contributed by atoms with Crippen molar-refractivity contribution in [3.8, 4) is 11.5 Å².